The van der Waals surface area contributed by atoms with Gasteiger partial charge in [0, 0.05) is 16.4 Å². The van der Waals surface area contributed by atoms with Crippen LogP contribution < -0.4 is 5.32 Å². The Labute approximate surface area is 124 Å². The molecule has 2 heteroatoms. The summed E-state index contributed by atoms with van der Waals surface area (Å²) in [5.74, 6) is 0.393. The largest absolute Gasteiger partial charge is 0.313 e. The van der Waals surface area contributed by atoms with Crippen molar-refractivity contribution < 1.29 is 0 Å². The van der Waals surface area contributed by atoms with Crippen molar-refractivity contribution in [3.8, 4) is 0 Å². The lowest BCUT2D eigenvalue weighted by Crippen LogP contribution is -2.15. The average molecular weight is 318 g/mol. The molecule has 0 saturated heterocycles. The molecule has 0 spiro atoms. The van der Waals surface area contributed by atoms with Crippen molar-refractivity contribution in [2.24, 2.45) is 0 Å². The Kier molecular flexibility index (Phi) is 4.78. The minimum atomic E-state index is 0.356. The van der Waals surface area contributed by atoms with Crippen LogP contribution in [0.5, 0.6) is 0 Å². The number of benzene rings is 2. The highest BCUT2D eigenvalue weighted by Crippen LogP contribution is 2.32. The molecule has 2 aromatic carbocycles. The summed E-state index contributed by atoms with van der Waals surface area (Å²) in [4.78, 5) is 0. The molecule has 0 aliphatic rings. The molecule has 2 aromatic rings. The van der Waals surface area contributed by atoms with Crippen molar-refractivity contribution >= 4 is 15.9 Å². The predicted octanol–water partition coefficient (Wildman–Crippen LogP) is 4.88. The molecule has 0 aliphatic heterocycles. The Morgan fingerprint density at radius 2 is 1.63 bits per heavy atom. The molecule has 0 aromatic heterocycles. The van der Waals surface area contributed by atoms with Crippen molar-refractivity contribution in [3.05, 3.63) is 69.7 Å². The van der Waals surface area contributed by atoms with E-state index >= 15 is 0 Å². The van der Waals surface area contributed by atoms with E-state index in [1.54, 1.807) is 0 Å². The number of halogens is 1. The van der Waals surface area contributed by atoms with E-state index in [2.05, 4.69) is 83.6 Å². The number of rotatable bonds is 4. The highest BCUT2D eigenvalue weighted by molar-refractivity contribution is 9.10. The Balaban J connectivity index is 2.45. The second-order valence-electron chi connectivity index (χ2n) is 4.92. The molecular weight excluding hydrogens is 298 g/mol. The first-order chi connectivity index (χ1) is 9.13. The van der Waals surface area contributed by atoms with Crippen LogP contribution in [0.25, 0.3) is 0 Å². The zero-order valence-corrected chi connectivity index (χ0v) is 13.2. The molecule has 2 unspecified atom stereocenters. The van der Waals surface area contributed by atoms with Gasteiger partial charge < -0.3 is 5.32 Å². The SMILES string of the molecule is CNC(C)c1ccc(Br)cc1C(C)c1ccccc1. The molecule has 0 heterocycles. The highest BCUT2D eigenvalue weighted by Gasteiger charge is 2.16. The fourth-order valence-electron chi connectivity index (χ4n) is 2.39. The minimum Gasteiger partial charge on any atom is -0.313 e. The number of hydrogen-bond donors (Lipinski definition) is 1. The van der Waals surface area contributed by atoms with Crippen molar-refractivity contribution in [2.45, 2.75) is 25.8 Å². The van der Waals surface area contributed by atoms with E-state index in [4.69, 9.17) is 0 Å². The van der Waals surface area contributed by atoms with Gasteiger partial charge in [0.15, 0.2) is 0 Å². The fraction of sp³-hybridized carbons (Fsp3) is 0.294. The molecule has 0 amide bonds. The van der Waals surface area contributed by atoms with Crippen LogP contribution in [0.4, 0.5) is 0 Å². The Hall–Kier alpha value is -1.12. The summed E-state index contributed by atoms with van der Waals surface area (Å²) in [7, 11) is 2.00. The molecule has 1 N–H and O–H groups in total. The van der Waals surface area contributed by atoms with Crippen LogP contribution >= 0.6 is 15.9 Å². The third-order valence-corrected chi connectivity index (χ3v) is 4.21. The van der Waals surface area contributed by atoms with E-state index in [0.29, 0.717) is 12.0 Å². The van der Waals surface area contributed by atoms with Crippen LogP contribution in [0.2, 0.25) is 0 Å². The first-order valence-electron chi connectivity index (χ1n) is 6.65. The summed E-state index contributed by atoms with van der Waals surface area (Å²) in [5.41, 5.74) is 4.09. The van der Waals surface area contributed by atoms with E-state index in [9.17, 15) is 0 Å². The van der Waals surface area contributed by atoms with Gasteiger partial charge >= 0.3 is 0 Å². The van der Waals surface area contributed by atoms with Gasteiger partial charge in [0.1, 0.15) is 0 Å². The van der Waals surface area contributed by atoms with Gasteiger partial charge in [0.2, 0.25) is 0 Å². The molecule has 0 saturated carbocycles. The van der Waals surface area contributed by atoms with Gasteiger partial charge in [-0.25, -0.2) is 0 Å². The standard InChI is InChI=1S/C17H20BrN/c1-12(14-7-5-4-6-8-14)17-11-15(18)9-10-16(17)13(2)19-3/h4-13,19H,1-3H3. The molecule has 2 atom stereocenters. The average Bonchev–Trinajstić information content (AvgIpc) is 2.46. The zero-order chi connectivity index (χ0) is 13.8. The molecule has 0 radical (unpaired) electrons. The van der Waals surface area contributed by atoms with Crippen molar-refractivity contribution in [1.82, 2.24) is 5.32 Å². The van der Waals surface area contributed by atoms with Crippen LogP contribution in [0.1, 0.15) is 42.5 Å². The molecule has 19 heavy (non-hydrogen) atoms. The van der Waals surface area contributed by atoms with Gasteiger partial charge in [-0.3, -0.25) is 0 Å². The maximum absolute atomic E-state index is 3.59. The van der Waals surface area contributed by atoms with Gasteiger partial charge in [0.25, 0.3) is 0 Å². The first-order valence-corrected chi connectivity index (χ1v) is 7.44. The quantitative estimate of drug-likeness (QED) is 0.847. The molecule has 0 fully saturated rings. The first kappa shape index (κ1) is 14.3. The Bertz CT molecular complexity index is 536. The second-order valence-corrected chi connectivity index (χ2v) is 5.83. The smallest absolute Gasteiger partial charge is 0.0291 e. The van der Waals surface area contributed by atoms with Gasteiger partial charge in [0.05, 0.1) is 0 Å². The van der Waals surface area contributed by atoms with Crippen molar-refractivity contribution in [1.29, 1.82) is 0 Å². The molecule has 0 bridgehead atoms. The summed E-state index contributed by atoms with van der Waals surface area (Å²) in [6.07, 6.45) is 0. The van der Waals surface area contributed by atoms with Gasteiger partial charge in [-0.05, 0) is 42.8 Å². The van der Waals surface area contributed by atoms with Crippen LogP contribution in [0.3, 0.4) is 0 Å². The summed E-state index contributed by atoms with van der Waals surface area (Å²) < 4.78 is 1.14. The normalized spacial score (nSPS) is 14.1. The molecular formula is C17H20BrN. The van der Waals surface area contributed by atoms with E-state index in [1.807, 2.05) is 7.05 Å². The summed E-state index contributed by atoms with van der Waals surface area (Å²) in [6.45, 7) is 4.47. The topological polar surface area (TPSA) is 12.0 Å². The zero-order valence-electron chi connectivity index (χ0n) is 11.7. The summed E-state index contributed by atoms with van der Waals surface area (Å²) >= 11 is 3.59. The predicted molar refractivity (Wildman–Crippen MR) is 85.6 cm³/mol. The lowest BCUT2D eigenvalue weighted by Gasteiger charge is -2.21. The summed E-state index contributed by atoms with van der Waals surface area (Å²) in [5, 5.41) is 3.33. The third-order valence-electron chi connectivity index (χ3n) is 3.71. The highest BCUT2D eigenvalue weighted by atomic mass is 79.9. The van der Waals surface area contributed by atoms with Crippen LogP contribution in [0.15, 0.2) is 53.0 Å². The van der Waals surface area contributed by atoms with E-state index in [-0.39, 0.29) is 0 Å². The lowest BCUT2D eigenvalue weighted by molar-refractivity contribution is 0.640. The van der Waals surface area contributed by atoms with Crippen molar-refractivity contribution in [3.63, 3.8) is 0 Å². The molecule has 100 valence electrons. The van der Waals surface area contributed by atoms with Crippen molar-refractivity contribution in [2.75, 3.05) is 7.05 Å². The van der Waals surface area contributed by atoms with Crippen LogP contribution in [-0.4, -0.2) is 7.05 Å². The lowest BCUT2D eigenvalue weighted by atomic mass is 9.87. The minimum absolute atomic E-state index is 0.356. The maximum atomic E-state index is 3.59. The van der Waals surface area contributed by atoms with Gasteiger partial charge in [-0.1, -0.05) is 59.3 Å². The molecule has 0 aliphatic carbocycles. The number of hydrogen-bond acceptors (Lipinski definition) is 1. The van der Waals surface area contributed by atoms with E-state index in [1.165, 1.54) is 16.7 Å². The maximum Gasteiger partial charge on any atom is 0.0291 e. The van der Waals surface area contributed by atoms with Gasteiger partial charge in [-0.2, -0.15) is 0 Å². The second kappa shape index (κ2) is 6.36. The summed E-state index contributed by atoms with van der Waals surface area (Å²) in [6, 6.07) is 17.6. The van der Waals surface area contributed by atoms with E-state index < -0.39 is 0 Å². The monoisotopic (exact) mass is 317 g/mol. The third kappa shape index (κ3) is 3.26. The Morgan fingerprint density at radius 3 is 2.26 bits per heavy atom. The number of nitrogens with one attached hydrogen (secondary N) is 1. The molecule has 2 rings (SSSR count). The van der Waals surface area contributed by atoms with Crippen LogP contribution in [-0.2, 0) is 0 Å². The van der Waals surface area contributed by atoms with Crippen LogP contribution in [0, 0.1) is 0 Å². The Morgan fingerprint density at radius 1 is 0.947 bits per heavy atom. The van der Waals surface area contributed by atoms with Gasteiger partial charge in [-0.15, -0.1) is 0 Å². The molecule has 1 nitrogen and oxygen atoms in total. The van der Waals surface area contributed by atoms with E-state index in [0.717, 1.165) is 4.47 Å². The fourth-order valence-corrected chi connectivity index (χ4v) is 2.77.